The molecule has 1 aromatic rings. The Morgan fingerprint density at radius 2 is 1.67 bits per heavy atom. The molecule has 4 amide bonds. The lowest BCUT2D eigenvalue weighted by molar-refractivity contribution is -0.135. The van der Waals surface area contributed by atoms with Crippen LogP contribution < -0.4 is 5.73 Å². The zero-order valence-corrected chi connectivity index (χ0v) is 16.4. The van der Waals surface area contributed by atoms with Gasteiger partial charge in [-0.2, -0.15) is 0 Å². The van der Waals surface area contributed by atoms with Gasteiger partial charge in [-0.3, -0.25) is 9.59 Å². The van der Waals surface area contributed by atoms with Crippen molar-refractivity contribution >= 4 is 41.0 Å². The number of halogens is 2. The normalized spacial score (nSPS) is 20.5. The highest BCUT2D eigenvalue weighted by Crippen LogP contribution is 2.27. The van der Waals surface area contributed by atoms with Crippen molar-refractivity contribution in [2.24, 2.45) is 5.73 Å². The summed E-state index contributed by atoms with van der Waals surface area (Å²) in [6.45, 7) is 2.39. The molecule has 1 aromatic carbocycles. The average molecular weight is 413 g/mol. The molecule has 3 rings (SSSR count). The van der Waals surface area contributed by atoms with Crippen molar-refractivity contribution < 1.29 is 14.4 Å². The van der Waals surface area contributed by atoms with Gasteiger partial charge in [-0.15, -0.1) is 0 Å². The minimum Gasteiger partial charge on any atom is -0.351 e. The van der Waals surface area contributed by atoms with E-state index in [1.54, 1.807) is 21.9 Å². The predicted octanol–water partition coefficient (Wildman–Crippen LogP) is 2.21. The van der Waals surface area contributed by atoms with Gasteiger partial charge in [0, 0.05) is 37.7 Å². The first kappa shape index (κ1) is 19.8. The van der Waals surface area contributed by atoms with E-state index in [-0.39, 0.29) is 11.8 Å². The first-order chi connectivity index (χ1) is 12.9. The molecule has 0 spiro atoms. The molecule has 1 unspecified atom stereocenters. The topological polar surface area (TPSA) is 87.0 Å². The smallest absolute Gasteiger partial charge is 0.314 e. The molecule has 7 nitrogen and oxygen atoms in total. The second kappa shape index (κ2) is 8.35. The second-order valence-corrected chi connectivity index (χ2v) is 7.63. The van der Waals surface area contributed by atoms with E-state index in [9.17, 15) is 14.4 Å². The summed E-state index contributed by atoms with van der Waals surface area (Å²) in [5.41, 5.74) is 5.65. The van der Waals surface area contributed by atoms with Crippen LogP contribution in [-0.2, 0) is 4.79 Å². The van der Waals surface area contributed by atoms with Crippen LogP contribution in [0.4, 0.5) is 4.79 Å². The van der Waals surface area contributed by atoms with Crippen LogP contribution in [0.15, 0.2) is 18.2 Å². The fourth-order valence-electron chi connectivity index (χ4n) is 3.65. The van der Waals surface area contributed by atoms with Gasteiger partial charge in [0.25, 0.3) is 5.91 Å². The average Bonchev–Trinajstić information content (AvgIpc) is 2.99. The maximum Gasteiger partial charge on any atom is 0.314 e. The lowest BCUT2D eigenvalue weighted by atomic mass is 10.1. The van der Waals surface area contributed by atoms with E-state index in [1.165, 1.54) is 11.0 Å². The molecule has 9 heteroatoms. The molecule has 1 atom stereocenters. The molecule has 2 heterocycles. The maximum absolute atomic E-state index is 13.1. The summed E-state index contributed by atoms with van der Waals surface area (Å²) in [4.78, 5) is 42.2. The Kier molecular flexibility index (Phi) is 6.11. The van der Waals surface area contributed by atoms with Crippen LogP contribution in [0.3, 0.4) is 0 Å². The van der Waals surface area contributed by atoms with E-state index < -0.39 is 12.1 Å². The van der Waals surface area contributed by atoms with E-state index in [1.807, 2.05) is 0 Å². The van der Waals surface area contributed by atoms with Gasteiger partial charge < -0.3 is 20.4 Å². The number of hydrogen-bond donors (Lipinski definition) is 1. The number of rotatable bonds is 2. The Hall–Kier alpha value is -1.99. The van der Waals surface area contributed by atoms with Gasteiger partial charge in [-0.25, -0.2) is 4.79 Å². The minimum atomic E-state index is -0.521. The number of carbonyl (C=O) groups is 3. The highest BCUT2D eigenvalue weighted by Gasteiger charge is 2.38. The number of carbonyl (C=O) groups excluding carboxylic acids is 3. The summed E-state index contributed by atoms with van der Waals surface area (Å²) in [5.74, 6) is -0.378. The molecular formula is C18H22Cl2N4O3. The molecule has 2 aliphatic heterocycles. The van der Waals surface area contributed by atoms with Crippen LogP contribution in [0, 0.1) is 0 Å². The highest BCUT2D eigenvalue weighted by molar-refractivity contribution is 6.35. The molecule has 0 bridgehead atoms. The first-order valence-electron chi connectivity index (χ1n) is 8.97. The predicted molar refractivity (Wildman–Crippen MR) is 103 cm³/mol. The number of nitrogens with two attached hydrogens (primary N) is 1. The van der Waals surface area contributed by atoms with Gasteiger partial charge >= 0.3 is 6.03 Å². The van der Waals surface area contributed by atoms with Gasteiger partial charge in [-0.05, 0) is 37.5 Å². The van der Waals surface area contributed by atoms with Gasteiger partial charge in [-0.1, -0.05) is 23.2 Å². The van der Waals surface area contributed by atoms with Crippen LogP contribution >= 0.6 is 23.2 Å². The van der Waals surface area contributed by atoms with Crippen molar-refractivity contribution in [3.05, 3.63) is 33.8 Å². The monoisotopic (exact) mass is 412 g/mol. The molecule has 146 valence electrons. The Morgan fingerprint density at radius 3 is 2.41 bits per heavy atom. The second-order valence-electron chi connectivity index (χ2n) is 6.78. The standard InChI is InChI=1S/C18H22Cl2N4O3/c19-12-4-5-14(20)13(11-12)16(25)24-8-1-3-15(24)17(26)22-6-2-7-23(10-9-22)18(21)27/h4-5,11,15H,1-3,6-10H2,(H2,21,27). The van der Waals surface area contributed by atoms with E-state index in [4.69, 9.17) is 28.9 Å². The lowest BCUT2D eigenvalue weighted by Crippen LogP contribution is -2.49. The number of amides is 4. The highest BCUT2D eigenvalue weighted by atomic mass is 35.5. The summed E-state index contributed by atoms with van der Waals surface area (Å²) in [6, 6.07) is 3.74. The minimum absolute atomic E-state index is 0.0923. The SMILES string of the molecule is NC(=O)N1CCCN(C(=O)C2CCCN2C(=O)c2cc(Cl)ccc2Cl)CC1. The number of likely N-dealkylation sites (tertiary alicyclic amines) is 1. The Labute approximate surface area is 168 Å². The number of hydrogen-bond acceptors (Lipinski definition) is 3. The van der Waals surface area contributed by atoms with Crippen molar-refractivity contribution in [2.45, 2.75) is 25.3 Å². The summed E-state index contributed by atoms with van der Waals surface area (Å²) >= 11 is 12.2. The molecule has 27 heavy (non-hydrogen) atoms. The van der Waals surface area contributed by atoms with Crippen molar-refractivity contribution in [1.29, 1.82) is 0 Å². The molecule has 0 aliphatic carbocycles. The molecule has 2 aliphatic rings. The van der Waals surface area contributed by atoms with E-state index in [0.29, 0.717) is 61.2 Å². The number of benzene rings is 1. The molecule has 2 fully saturated rings. The van der Waals surface area contributed by atoms with Crippen LogP contribution in [0.5, 0.6) is 0 Å². The Balaban J connectivity index is 1.73. The zero-order valence-electron chi connectivity index (χ0n) is 14.9. The number of urea groups is 1. The number of nitrogens with zero attached hydrogens (tertiary/aromatic N) is 3. The van der Waals surface area contributed by atoms with Crippen LogP contribution in [0.2, 0.25) is 10.0 Å². The third kappa shape index (κ3) is 4.30. The maximum atomic E-state index is 13.1. The molecule has 0 radical (unpaired) electrons. The third-order valence-electron chi connectivity index (χ3n) is 5.08. The Morgan fingerprint density at radius 1 is 0.963 bits per heavy atom. The molecule has 2 N–H and O–H groups in total. The lowest BCUT2D eigenvalue weighted by Gasteiger charge is -2.30. The van der Waals surface area contributed by atoms with Crippen LogP contribution in [0.1, 0.15) is 29.6 Å². The van der Waals surface area contributed by atoms with Crippen molar-refractivity contribution in [3.8, 4) is 0 Å². The van der Waals surface area contributed by atoms with E-state index in [2.05, 4.69) is 0 Å². The van der Waals surface area contributed by atoms with Crippen LogP contribution in [-0.4, -0.2) is 71.3 Å². The quantitative estimate of drug-likeness (QED) is 0.807. The Bertz CT molecular complexity index is 758. The molecule has 0 aromatic heterocycles. The van der Waals surface area contributed by atoms with Crippen LogP contribution in [0.25, 0.3) is 0 Å². The van der Waals surface area contributed by atoms with E-state index in [0.717, 1.165) is 6.42 Å². The first-order valence-corrected chi connectivity index (χ1v) is 9.73. The molecule has 2 saturated heterocycles. The fraction of sp³-hybridized carbons (Fsp3) is 0.500. The molecule has 0 saturated carbocycles. The summed E-state index contributed by atoms with van der Waals surface area (Å²) < 4.78 is 0. The van der Waals surface area contributed by atoms with Gasteiger partial charge in [0.05, 0.1) is 10.6 Å². The van der Waals surface area contributed by atoms with Crippen molar-refractivity contribution in [1.82, 2.24) is 14.7 Å². The summed E-state index contributed by atoms with van der Waals surface area (Å²) in [5, 5.41) is 0.734. The third-order valence-corrected chi connectivity index (χ3v) is 5.64. The summed E-state index contributed by atoms with van der Waals surface area (Å²) in [6.07, 6.45) is 2.02. The zero-order chi connectivity index (χ0) is 19.6. The van der Waals surface area contributed by atoms with Gasteiger partial charge in [0.15, 0.2) is 0 Å². The largest absolute Gasteiger partial charge is 0.351 e. The van der Waals surface area contributed by atoms with Gasteiger partial charge in [0.1, 0.15) is 6.04 Å². The van der Waals surface area contributed by atoms with Gasteiger partial charge in [0.2, 0.25) is 5.91 Å². The number of primary amides is 1. The fourth-order valence-corrected chi connectivity index (χ4v) is 4.02. The van der Waals surface area contributed by atoms with Crippen molar-refractivity contribution in [2.75, 3.05) is 32.7 Å². The van der Waals surface area contributed by atoms with Crippen molar-refractivity contribution in [3.63, 3.8) is 0 Å². The summed E-state index contributed by atoms with van der Waals surface area (Å²) in [7, 11) is 0. The van der Waals surface area contributed by atoms with E-state index >= 15 is 0 Å². The molecular weight excluding hydrogens is 391 g/mol.